The molecule has 2 amide bonds. The maximum absolute atomic E-state index is 12.7. The van der Waals surface area contributed by atoms with E-state index in [0.29, 0.717) is 35.6 Å². The molecule has 0 aromatic heterocycles. The Balaban J connectivity index is 2.16. The van der Waals surface area contributed by atoms with E-state index in [2.05, 4.69) is 5.32 Å². The maximum atomic E-state index is 12.7. The highest BCUT2D eigenvalue weighted by molar-refractivity contribution is 5.86. The third-order valence-electron chi connectivity index (χ3n) is 4.78. The fourth-order valence-electron chi connectivity index (χ4n) is 3.09. The molecule has 0 saturated carbocycles. The van der Waals surface area contributed by atoms with E-state index in [0.717, 1.165) is 0 Å². The second-order valence-electron chi connectivity index (χ2n) is 7.05. The minimum absolute atomic E-state index is 0.105. The summed E-state index contributed by atoms with van der Waals surface area (Å²) in [6, 6.07) is 13.7. The third-order valence-corrected chi connectivity index (χ3v) is 4.78. The van der Waals surface area contributed by atoms with Crippen LogP contribution in [0.25, 0.3) is 0 Å². The van der Waals surface area contributed by atoms with Crippen LogP contribution in [0.4, 0.5) is 10.5 Å². The van der Waals surface area contributed by atoms with Crippen molar-refractivity contribution >= 4 is 17.7 Å². The number of anilines is 1. The summed E-state index contributed by atoms with van der Waals surface area (Å²) in [5.41, 5.74) is 2.73. The number of hydroxylamine groups is 1. The first kappa shape index (κ1) is 26.7. The molecule has 2 rings (SSSR count). The van der Waals surface area contributed by atoms with Crippen molar-refractivity contribution in [2.75, 3.05) is 32.8 Å². The van der Waals surface area contributed by atoms with Gasteiger partial charge < -0.3 is 24.1 Å². The maximum Gasteiger partial charge on any atom is 0.412 e. The molecule has 2 aromatic rings. The Morgan fingerprint density at radius 3 is 2.29 bits per heavy atom. The molecule has 0 saturated heterocycles. The number of rotatable bonds is 13. The number of benzene rings is 2. The van der Waals surface area contributed by atoms with E-state index in [-0.39, 0.29) is 13.2 Å². The topological polar surface area (TPSA) is 136 Å². The summed E-state index contributed by atoms with van der Waals surface area (Å²) in [7, 11) is 3.06. The van der Waals surface area contributed by atoms with Crippen LogP contribution >= 0.6 is 0 Å². The average Bonchev–Trinajstić information content (AvgIpc) is 2.87. The second-order valence-corrected chi connectivity index (χ2v) is 7.05. The number of aliphatic hydroxyl groups excluding tert-OH is 1. The van der Waals surface area contributed by atoms with Crippen molar-refractivity contribution in [1.82, 2.24) is 5.48 Å². The number of ether oxygens (including phenoxy) is 4. The summed E-state index contributed by atoms with van der Waals surface area (Å²) in [5.74, 6) is 0.577. The molecule has 0 bridgehead atoms. The number of hydrogen-bond acceptors (Lipinski definition) is 8. The van der Waals surface area contributed by atoms with Gasteiger partial charge in [0.2, 0.25) is 0 Å². The number of carbonyl (C=O) groups is 2. The van der Waals surface area contributed by atoms with Gasteiger partial charge in [0, 0.05) is 18.9 Å². The molecule has 4 N–H and O–H groups in total. The van der Waals surface area contributed by atoms with Crippen LogP contribution in [0.5, 0.6) is 11.5 Å². The number of methoxy groups -OCH3 is 2. The van der Waals surface area contributed by atoms with Crippen molar-refractivity contribution in [3.8, 4) is 11.5 Å². The molecule has 0 fully saturated rings. The minimum Gasteiger partial charge on any atom is -0.497 e. The SMILES string of the molecule is COc1ccc(NC(=O)O[C@H](c2ccc(OCCO)cc2)[C@@H](CC/C=C/C(=O)NO)OC)cc1. The van der Waals surface area contributed by atoms with Crippen LogP contribution in [0.3, 0.4) is 0 Å². The fourth-order valence-corrected chi connectivity index (χ4v) is 3.09. The molecular formula is C24H30N2O8. The number of hydrogen-bond donors (Lipinski definition) is 4. The lowest BCUT2D eigenvalue weighted by molar-refractivity contribution is -0.124. The molecule has 34 heavy (non-hydrogen) atoms. The monoisotopic (exact) mass is 474 g/mol. The number of amides is 2. The Bertz CT molecular complexity index is 916. The van der Waals surface area contributed by atoms with Gasteiger partial charge in [0.05, 0.1) is 19.8 Å². The zero-order chi connectivity index (χ0) is 24.8. The van der Waals surface area contributed by atoms with Crippen molar-refractivity contribution < 1.29 is 38.9 Å². The summed E-state index contributed by atoms with van der Waals surface area (Å²) < 4.78 is 21.9. The van der Waals surface area contributed by atoms with Gasteiger partial charge in [-0.2, -0.15) is 0 Å². The summed E-state index contributed by atoms with van der Waals surface area (Å²) in [6.45, 7) is 0.0601. The van der Waals surface area contributed by atoms with E-state index < -0.39 is 24.2 Å². The minimum atomic E-state index is -0.768. The molecule has 2 aromatic carbocycles. The lowest BCUT2D eigenvalue weighted by atomic mass is 10.00. The Morgan fingerprint density at radius 2 is 1.71 bits per heavy atom. The van der Waals surface area contributed by atoms with Gasteiger partial charge >= 0.3 is 6.09 Å². The zero-order valence-electron chi connectivity index (χ0n) is 19.1. The van der Waals surface area contributed by atoms with E-state index in [1.807, 2.05) is 0 Å². The van der Waals surface area contributed by atoms with Gasteiger partial charge in [-0.1, -0.05) is 18.2 Å². The van der Waals surface area contributed by atoms with Crippen molar-refractivity contribution in [1.29, 1.82) is 0 Å². The molecule has 10 nitrogen and oxygen atoms in total. The highest BCUT2D eigenvalue weighted by Gasteiger charge is 2.27. The van der Waals surface area contributed by atoms with Crippen LogP contribution < -0.4 is 20.3 Å². The number of nitrogens with one attached hydrogen (secondary N) is 2. The second kappa shape index (κ2) is 14.5. The normalized spacial score (nSPS) is 12.6. The van der Waals surface area contributed by atoms with E-state index in [9.17, 15) is 9.59 Å². The molecule has 0 radical (unpaired) electrons. The molecule has 2 atom stereocenters. The number of carbonyl (C=O) groups excluding carboxylic acids is 2. The molecule has 0 aliphatic heterocycles. The van der Waals surface area contributed by atoms with Crippen molar-refractivity contribution in [2.45, 2.75) is 25.0 Å². The average molecular weight is 475 g/mol. The van der Waals surface area contributed by atoms with E-state index in [1.54, 1.807) is 61.7 Å². The summed E-state index contributed by atoms with van der Waals surface area (Å²) in [5, 5.41) is 20.2. The lowest BCUT2D eigenvalue weighted by Gasteiger charge is -2.26. The van der Waals surface area contributed by atoms with Gasteiger partial charge in [-0.3, -0.25) is 15.3 Å². The van der Waals surface area contributed by atoms with Crippen molar-refractivity contribution in [3.63, 3.8) is 0 Å². The van der Waals surface area contributed by atoms with E-state index in [4.69, 9.17) is 29.3 Å². The predicted octanol–water partition coefficient (Wildman–Crippen LogP) is 3.21. The largest absolute Gasteiger partial charge is 0.497 e. The standard InChI is InChI=1S/C24H30N2O8/c1-31-19-13-9-18(10-14-19)25-24(29)34-23(17-7-11-20(12-8-17)33-16-15-27)21(32-2)5-3-4-6-22(28)26-30/h4,6-14,21,23,27,30H,3,5,15-16H2,1-2H3,(H,25,29)(H,26,28)/b6-4+/t21-,23-/m1/s1. The summed E-state index contributed by atoms with van der Waals surface area (Å²) in [4.78, 5) is 23.8. The Kier molecular flexibility index (Phi) is 11.4. The van der Waals surface area contributed by atoms with Crippen molar-refractivity contribution in [2.24, 2.45) is 0 Å². The van der Waals surface area contributed by atoms with Crippen LogP contribution in [-0.2, 0) is 14.3 Å². The smallest absolute Gasteiger partial charge is 0.412 e. The van der Waals surface area contributed by atoms with Gasteiger partial charge in [0.15, 0.2) is 6.10 Å². The lowest BCUT2D eigenvalue weighted by Crippen LogP contribution is -2.28. The third kappa shape index (κ3) is 8.74. The molecule has 10 heteroatoms. The highest BCUT2D eigenvalue weighted by Crippen LogP contribution is 2.29. The zero-order valence-corrected chi connectivity index (χ0v) is 19.1. The first-order valence-electron chi connectivity index (χ1n) is 10.6. The van der Waals surface area contributed by atoms with Gasteiger partial charge in [0.1, 0.15) is 18.1 Å². The van der Waals surface area contributed by atoms with E-state index in [1.165, 1.54) is 18.7 Å². The molecule has 0 aliphatic carbocycles. The van der Waals surface area contributed by atoms with Crippen LogP contribution in [0.2, 0.25) is 0 Å². The Hall–Kier alpha value is -3.60. The van der Waals surface area contributed by atoms with Crippen LogP contribution in [0.1, 0.15) is 24.5 Å². The first-order chi connectivity index (χ1) is 16.5. The van der Waals surface area contributed by atoms with Gasteiger partial charge in [-0.15, -0.1) is 0 Å². The van der Waals surface area contributed by atoms with Crippen LogP contribution in [0, 0.1) is 0 Å². The summed E-state index contributed by atoms with van der Waals surface area (Å²) >= 11 is 0. The summed E-state index contributed by atoms with van der Waals surface area (Å²) in [6.07, 6.45) is 1.67. The van der Waals surface area contributed by atoms with Crippen LogP contribution in [0.15, 0.2) is 60.7 Å². The predicted molar refractivity (Wildman–Crippen MR) is 124 cm³/mol. The van der Waals surface area contributed by atoms with Gasteiger partial charge in [0.25, 0.3) is 5.91 Å². The molecule has 184 valence electrons. The Morgan fingerprint density at radius 1 is 1.03 bits per heavy atom. The number of aliphatic hydroxyl groups is 1. The molecule has 0 aliphatic rings. The van der Waals surface area contributed by atoms with Gasteiger partial charge in [-0.25, -0.2) is 10.3 Å². The molecule has 0 unspecified atom stereocenters. The molecule has 0 spiro atoms. The van der Waals surface area contributed by atoms with Gasteiger partial charge in [-0.05, 0) is 54.8 Å². The Labute approximate surface area is 198 Å². The van der Waals surface area contributed by atoms with Crippen molar-refractivity contribution in [3.05, 3.63) is 66.2 Å². The molecule has 0 heterocycles. The van der Waals surface area contributed by atoms with Crippen LogP contribution in [-0.4, -0.2) is 55.9 Å². The first-order valence-corrected chi connectivity index (χ1v) is 10.6. The van der Waals surface area contributed by atoms with E-state index >= 15 is 0 Å². The number of allylic oxidation sites excluding steroid dienone is 1. The molecular weight excluding hydrogens is 444 g/mol. The highest BCUT2D eigenvalue weighted by atomic mass is 16.6. The quantitative estimate of drug-likeness (QED) is 0.197. The fraction of sp³-hybridized carbons (Fsp3) is 0.333.